The Kier molecular flexibility index (Phi) is 5.16. The van der Waals surface area contributed by atoms with Crippen molar-refractivity contribution in [3.05, 3.63) is 52.1 Å². The van der Waals surface area contributed by atoms with E-state index in [2.05, 4.69) is 46.1 Å². The van der Waals surface area contributed by atoms with Gasteiger partial charge in [0.05, 0.1) is 12.3 Å². The maximum absolute atomic E-state index is 5.63. The van der Waals surface area contributed by atoms with Gasteiger partial charge >= 0.3 is 0 Å². The first kappa shape index (κ1) is 14.3. The number of hydrogen-bond donors (Lipinski definition) is 1. The Morgan fingerprint density at radius 3 is 2.89 bits per heavy atom. The zero-order valence-corrected chi connectivity index (χ0v) is 12.9. The van der Waals surface area contributed by atoms with Crippen molar-refractivity contribution in [2.75, 3.05) is 6.54 Å². The van der Waals surface area contributed by atoms with Crippen molar-refractivity contribution in [1.29, 1.82) is 0 Å². The molecule has 1 unspecified atom stereocenters. The number of pyridine rings is 1. The van der Waals surface area contributed by atoms with E-state index in [0.717, 1.165) is 29.6 Å². The SMILES string of the molecule is CCCNC(Cc1cncc(Br)c1)c1occc1C. The normalized spacial score (nSPS) is 12.6. The summed E-state index contributed by atoms with van der Waals surface area (Å²) in [6.45, 7) is 5.23. The van der Waals surface area contributed by atoms with Crippen LogP contribution in [0.1, 0.15) is 36.3 Å². The van der Waals surface area contributed by atoms with Gasteiger partial charge in [-0.3, -0.25) is 4.98 Å². The summed E-state index contributed by atoms with van der Waals surface area (Å²) in [6, 6.07) is 4.31. The lowest BCUT2D eigenvalue weighted by atomic mass is 10.0. The largest absolute Gasteiger partial charge is 0.467 e. The van der Waals surface area contributed by atoms with E-state index in [9.17, 15) is 0 Å². The standard InChI is InChI=1S/C15H19BrN2O/c1-3-5-18-14(15-11(2)4-6-19-15)8-12-7-13(16)10-17-9-12/h4,6-7,9-10,14,18H,3,5,8H2,1-2H3. The third-order valence-corrected chi connectivity index (χ3v) is 3.49. The molecule has 1 atom stereocenters. The van der Waals surface area contributed by atoms with Gasteiger partial charge in [-0.2, -0.15) is 0 Å². The molecule has 0 aliphatic rings. The van der Waals surface area contributed by atoms with Crippen molar-refractivity contribution in [2.24, 2.45) is 0 Å². The third-order valence-electron chi connectivity index (χ3n) is 3.06. The topological polar surface area (TPSA) is 38.1 Å². The molecule has 0 amide bonds. The van der Waals surface area contributed by atoms with Crippen molar-refractivity contribution in [2.45, 2.75) is 32.7 Å². The van der Waals surface area contributed by atoms with Crippen LogP contribution in [0.3, 0.4) is 0 Å². The van der Waals surface area contributed by atoms with Gasteiger partial charge in [0.2, 0.25) is 0 Å². The van der Waals surface area contributed by atoms with Crippen LogP contribution in [0.5, 0.6) is 0 Å². The predicted octanol–water partition coefficient (Wildman–Crippen LogP) is 4.03. The van der Waals surface area contributed by atoms with Crippen LogP contribution >= 0.6 is 15.9 Å². The summed E-state index contributed by atoms with van der Waals surface area (Å²) in [5, 5.41) is 3.54. The van der Waals surface area contributed by atoms with Crippen molar-refractivity contribution >= 4 is 15.9 Å². The number of nitrogens with one attached hydrogen (secondary N) is 1. The highest BCUT2D eigenvalue weighted by molar-refractivity contribution is 9.10. The molecule has 0 aromatic carbocycles. The molecule has 0 bridgehead atoms. The fraction of sp³-hybridized carbons (Fsp3) is 0.400. The minimum Gasteiger partial charge on any atom is -0.467 e. The first-order chi connectivity index (χ1) is 9.20. The molecule has 1 N–H and O–H groups in total. The number of halogens is 1. The number of nitrogens with zero attached hydrogens (tertiary/aromatic N) is 1. The summed E-state index contributed by atoms with van der Waals surface area (Å²) in [5.74, 6) is 1.02. The molecule has 3 nitrogen and oxygen atoms in total. The van der Waals surface area contributed by atoms with E-state index in [0.29, 0.717) is 0 Å². The highest BCUT2D eigenvalue weighted by Gasteiger charge is 2.17. The molecule has 2 heterocycles. The molecule has 102 valence electrons. The van der Waals surface area contributed by atoms with Gasteiger partial charge in [0.1, 0.15) is 5.76 Å². The van der Waals surface area contributed by atoms with Gasteiger partial charge in [-0.1, -0.05) is 6.92 Å². The van der Waals surface area contributed by atoms with Crippen LogP contribution in [0.4, 0.5) is 0 Å². The molecule has 2 rings (SSSR count). The Hall–Kier alpha value is -1.13. The third kappa shape index (κ3) is 3.91. The number of furan rings is 1. The lowest BCUT2D eigenvalue weighted by Crippen LogP contribution is -2.24. The lowest BCUT2D eigenvalue weighted by molar-refractivity contribution is 0.407. The zero-order valence-electron chi connectivity index (χ0n) is 11.3. The van der Waals surface area contributed by atoms with Gasteiger partial charge in [-0.25, -0.2) is 0 Å². The number of rotatable bonds is 6. The van der Waals surface area contributed by atoms with Gasteiger partial charge in [-0.05, 0) is 65.5 Å². The molecule has 0 aliphatic carbocycles. The maximum atomic E-state index is 5.63. The van der Waals surface area contributed by atoms with Gasteiger partial charge in [0, 0.05) is 16.9 Å². The summed E-state index contributed by atoms with van der Waals surface area (Å²) in [5.41, 5.74) is 2.38. The van der Waals surface area contributed by atoms with Gasteiger partial charge in [-0.15, -0.1) is 0 Å². The van der Waals surface area contributed by atoms with Crippen LogP contribution in [0.25, 0.3) is 0 Å². The van der Waals surface area contributed by atoms with Crippen LogP contribution in [-0.2, 0) is 6.42 Å². The lowest BCUT2D eigenvalue weighted by Gasteiger charge is -2.17. The van der Waals surface area contributed by atoms with Crippen LogP contribution in [-0.4, -0.2) is 11.5 Å². The molecular weight excluding hydrogens is 304 g/mol. The van der Waals surface area contributed by atoms with Crippen molar-refractivity contribution < 1.29 is 4.42 Å². The van der Waals surface area contributed by atoms with Crippen molar-refractivity contribution in [3.8, 4) is 0 Å². The summed E-state index contributed by atoms with van der Waals surface area (Å²) in [4.78, 5) is 4.22. The van der Waals surface area contributed by atoms with Gasteiger partial charge in [0.25, 0.3) is 0 Å². The summed E-state index contributed by atoms with van der Waals surface area (Å²) < 4.78 is 6.64. The van der Waals surface area contributed by atoms with Crippen molar-refractivity contribution in [1.82, 2.24) is 10.3 Å². The van der Waals surface area contributed by atoms with Crippen LogP contribution in [0.2, 0.25) is 0 Å². The second-order valence-electron chi connectivity index (χ2n) is 4.69. The molecule has 0 saturated heterocycles. The molecular formula is C15H19BrN2O. The molecule has 2 aromatic heterocycles. The molecule has 19 heavy (non-hydrogen) atoms. The Balaban J connectivity index is 2.16. The molecule has 0 aliphatic heterocycles. The van der Waals surface area contributed by atoms with E-state index < -0.39 is 0 Å². The molecule has 0 radical (unpaired) electrons. The molecule has 0 saturated carbocycles. The highest BCUT2D eigenvalue weighted by Crippen LogP contribution is 2.23. The quantitative estimate of drug-likeness (QED) is 0.872. The fourth-order valence-electron chi connectivity index (χ4n) is 2.12. The molecule has 2 aromatic rings. The van der Waals surface area contributed by atoms with E-state index in [-0.39, 0.29) is 6.04 Å². The first-order valence-corrected chi connectivity index (χ1v) is 7.36. The zero-order chi connectivity index (χ0) is 13.7. The molecule has 4 heteroatoms. The Morgan fingerprint density at radius 2 is 2.26 bits per heavy atom. The average Bonchev–Trinajstić information content (AvgIpc) is 2.81. The van der Waals surface area contributed by atoms with E-state index in [1.165, 1.54) is 11.1 Å². The summed E-state index contributed by atoms with van der Waals surface area (Å²) >= 11 is 3.46. The van der Waals surface area contributed by atoms with E-state index in [4.69, 9.17) is 4.42 Å². The average molecular weight is 323 g/mol. The predicted molar refractivity (Wildman–Crippen MR) is 80.1 cm³/mol. The van der Waals surface area contributed by atoms with Gasteiger partial charge < -0.3 is 9.73 Å². The van der Waals surface area contributed by atoms with Crippen LogP contribution in [0.15, 0.2) is 39.7 Å². The number of hydrogen-bond acceptors (Lipinski definition) is 3. The first-order valence-electron chi connectivity index (χ1n) is 6.57. The Bertz CT molecular complexity index is 524. The smallest absolute Gasteiger partial charge is 0.123 e. The molecule has 0 spiro atoms. The second-order valence-corrected chi connectivity index (χ2v) is 5.61. The minimum atomic E-state index is 0.200. The summed E-state index contributed by atoms with van der Waals surface area (Å²) in [6.07, 6.45) is 7.44. The van der Waals surface area contributed by atoms with E-state index >= 15 is 0 Å². The Morgan fingerprint density at radius 1 is 1.42 bits per heavy atom. The Labute approximate surface area is 122 Å². The molecule has 0 fully saturated rings. The van der Waals surface area contributed by atoms with E-state index in [1.807, 2.05) is 12.3 Å². The van der Waals surface area contributed by atoms with Gasteiger partial charge in [0.15, 0.2) is 0 Å². The summed E-state index contributed by atoms with van der Waals surface area (Å²) in [7, 11) is 0. The van der Waals surface area contributed by atoms with E-state index in [1.54, 1.807) is 12.5 Å². The second kappa shape index (κ2) is 6.87. The monoisotopic (exact) mass is 322 g/mol. The highest BCUT2D eigenvalue weighted by atomic mass is 79.9. The van der Waals surface area contributed by atoms with Crippen molar-refractivity contribution in [3.63, 3.8) is 0 Å². The number of aryl methyl sites for hydroxylation is 1. The van der Waals surface area contributed by atoms with Crippen LogP contribution < -0.4 is 5.32 Å². The maximum Gasteiger partial charge on any atom is 0.123 e. The fourth-order valence-corrected chi connectivity index (χ4v) is 2.53. The van der Waals surface area contributed by atoms with Crippen LogP contribution in [0, 0.1) is 6.92 Å². The number of aromatic nitrogens is 1. The minimum absolute atomic E-state index is 0.200.